The summed E-state index contributed by atoms with van der Waals surface area (Å²) in [5.74, 6) is -1.85. The molecule has 192 valence electrons. The van der Waals surface area contributed by atoms with E-state index in [1.54, 1.807) is 33.8 Å². The van der Waals surface area contributed by atoms with Crippen LogP contribution in [0.15, 0.2) is 54.9 Å². The third kappa shape index (κ3) is 8.06. The summed E-state index contributed by atoms with van der Waals surface area (Å²) in [5, 5.41) is 23.3. The van der Waals surface area contributed by atoms with Gasteiger partial charge in [0.05, 0.1) is 6.04 Å². The molecule has 35 heavy (non-hydrogen) atoms. The highest BCUT2D eigenvalue weighted by Gasteiger charge is 2.31. The molecule has 0 aliphatic carbocycles. The Morgan fingerprint density at radius 1 is 1.29 bits per heavy atom. The zero-order valence-corrected chi connectivity index (χ0v) is 20.8. The van der Waals surface area contributed by atoms with Crippen molar-refractivity contribution in [3.05, 3.63) is 66.0 Å². The van der Waals surface area contributed by atoms with E-state index in [1.807, 2.05) is 0 Å². The van der Waals surface area contributed by atoms with Crippen LogP contribution in [0.5, 0.6) is 5.75 Å². The van der Waals surface area contributed by atoms with Gasteiger partial charge in [0, 0.05) is 42.4 Å². The van der Waals surface area contributed by atoms with Gasteiger partial charge in [-0.1, -0.05) is 38.3 Å². The van der Waals surface area contributed by atoms with E-state index in [2.05, 4.69) is 18.5 Å². The molecule has 1 aromatic rings. The van der Waals surface area contributed by atoms with Crippen LogP contribution in [0.4, 0.5) is 4.39 Å². The lowest BCUT2D eigenvalue weighted by Gasteiger charge is -2.33. The van der Waals surface area contributed by atoms with E-state index in [9.17, 15) is 29.0 Å². The minimum Gasteiger partial charge on any atom is -0.508 e. The van der Waals surface area contributed by atoms with Crippen molar-refractivity contribution >= 4 is 18.2 Å². The molecule has 3 atom stereocenters. The minimum atomic E-state index is -1.53. The average Bonchev–Trinajstić information content (AvgIpc) is 2.83. The van der Waals surface area contributed by atoms with Crippen molar-refractivity contribution in [3.8, 4) is 5.75 Å². The van der Waals surface area contributed by atoms with Crippen molar-refractivity contribution in [2.75, 3.05) is 19.6 Å². The summed E-state index contributed by atoms with van der Waals surface area (Å²) in [5.41, 5.74) is 0.812. The van der Waals surface area contributed by atoms with Gasteiger partial charge in [0.25, 0.3) is 11.8 Å². The molecule has 0 aliphatic rings. The van der Waals surface area contributed by atoms with Crippen LogP contribution in [0.1, 0.15) is 43.1 Å². The van der Waals surface area contributed by atoms with E-state index in [0.717, 1.165) is 0 Å². The van der Waals surface area contributed by atoms with Crippen LogP contribution >= 0.6 is 0 Å². The molecule has 0 fully saturated rings. The van der Waals surface area contributed by atoms with E-state index in [4.69, 9.17) is 0 Å². The van der Waals surface area contributed by atoms with Crippen LogP contribution in [0.3, 0.4) is 0 Å². The van der Waals surface area contributed by atoms with Crippen LogP contribution in [0.25, 0.3) is 0 Å². The first-order chi connectivity index (χ1) is 16.5. The Morgan fingerprint density at radius 2 is 1.94 bits per heavy atom. The number of likely N-dealkylation sites (N-methyl/N-ethyl adjacent to an activating group) is 1. The highest BCUT2D eigenvalue weighted by molar-refractivity contribution is 5.97. The van der Waals surface area contributed by atoms with Gasteiger partial charge in [0.1, 0.15) is 11.6 Å². The Hall–Kier alpha value is -3.46. The molecule has 3 unspecified atom stereocenters. The van der Waals surface area contributed by atoms with Crippen molar-refractivity contribution in [2.45, 2.75) is 52.3 Å². The highest BCUT2D eigenvalue weighted by atomic mass is 19.1. The standard InChI is InChI=1S/C26H36FN3O5/c1-7-11-20(19(6)27)15-30(16-31)17(4)14-29(9-3)26(35)24(33)22(8-2)28-25(34)21-12-10-13-23(32)18(21)5/h7,10-13,16-17,22,24,32-33H,1,6,8-9,14-15H2,2-5H3,(H,28,34)/b20-11-. The van der Waals surface area contributed by atoms with Crippen molar-refractivity contribution in [1.82, 2.24) is 15.1 Å². The first-order valence-electron chi connectivity index (χ1n) is 11.5. The summed E-state index contributed by atoms with van der Waals surface area (Å²) in [6.45, 7) is 13.8. The molecule has 1 rings (SSSR count). The average molecular weight is 490 g/mol. The lowest BCUT2D eigenvalue weighted by Crippen LogP contribution is -2.54. The van der Waals surface area contributed by atoms with Crippen molar-refractivity contribution in [3.63, 3.8) is 0 Å². The molecule has 8 nitrogen and oxygen atoms in total. The van der Waals surface area contributed by atoms with Crippen LogP contribution in [-0.4, -0.2) is 76.1 Å². The van der Waals surface area contributed by atoms with Crippen LogP contribution in [0, 0.1) is 6.92 Å². The van der Waals surface area contributed by atoms with Gasteiger partial charge in [-0.25, -0.2) is 4.39 Å². The molecule has 0 saturated heterocycles. The second-order valence-corrected chi connectivity index (χ2v) is 8.22. The molecule has 0 saturated carbocycles. The number of halogens is 1. The third-order valence-corrected chi connectivity index (χ3v) is 5.84. The summed E-state index contributed by atoms with van der Waals surface area (Å²) in [4.78, 5) is 40.1. The Morgan fingerprint density at radius 3 is 2.46 bits per heavy atom. The van der Waals surface area contributed by atoms with Gasteiger partial charge in [-0.15, -0.1) is 0 Å². The Bertz CT molecular complexity index is 962. The van der Waals surface area contributed by atoms with Crippen LogP contribution in [-0.2, 0) is 9.59 Å². The molecule has 1 aromatic carbocycles. The predicted molar refractivity (Wildman–Crippen MR) is 133 cm³/mol. The van der Waals surface area contributed by atoms with Gasteiger partial charge in [-0.2, -0.15) is 0 Å². The van der Waals surface area contributed by atoms with E-state index in [0.29, 0.717) is 12.0 Å². The van der Waals surface area contributed by atoms with Crippen molar-refractivity contribution in [2.24, 2.45) is 0 Å². The number of carbonyl (C=O) groups is 3. The van der Waals surface area contributed by atoms with Gasteiger partial charge in [0.15, 0.2) is 6.10 Å². The topological polar surface area (TPSA) is 110 Å². The second-order valence-electron chi connectivity index (χ2n) is 8.22. The maximum absolute atomic E-state index is 13.7. The third-order valence-electron chi connectivity index (χ3n) is 5.84. The number of nitrogens with zero attached hydrogens (tertiary/aromatic N) is 2. The summed E-state index contributed by atoms with van der Waals surface area (Å²) in [7, 11) is 0. The number of aliphatic hydroxyl groups excluding tert-OH is 1. The van der Waals surface area contributed by atoms with Crippen LogP contribution in [0.2, 0.25) is 0 Å². The fourth-order valence-corrected chi connectivity index (χ4v) is 3.54. The Labute approximate surface area is 206 Å². The molecule has 0 bridgehead atoms. The predicted octanol–water partition coefficient (Wildman–Crippen LogP) is 2.86. The van der Waals surface area contributed by atoms with Gasteiger partial charge >= 0.3 is 0 Å². The van der Waals surface area contributed by atoms with Gasteiger partial charge in [0.2, 0.25) is 6.41 Å². The molecule has 3 amide bonds. The number of benzene rings is 1. The number of hydrogen-bond acceptors (Lipinski definition) is 5. The molecule has 0 radical (unpaired) electrons. The Balaban J connectivity index is 2.95. The maximum Gasteiger partial charge on any atom is 0.253 e. The van der Waals surface area contributed by atoms with Crippen molar-refractivity contribution in [1.29, 1.82) is 0 Å². The number of aromatic hydroxyl groups is 1. The number of nitrogens with one attached hydrogen (secondary N) is 1. The number of phenolic OH excluding ortho intramolecular Hbond substituents is 1. The number of allylic oxidation sites excluding steroid dienone is 2. The minimum absolute atomic E-state index is 0.0318. The molecular formula is C26H36FN3O5. The number of rotatable bonds is 14. The Kier molecular flexibility index (Phi) is 11.9. The van der Waals surface area contributed by atoms with E-state index in [-0.39, 0.29) is 42.9 Å². The van der Waals surface area contributed by atoms with Crippen molar-refractivity contribution < 1.29 is 29.0 Å². The zero-order valence-electron chi connectivity index (χ0n) is 20.8. The lowest BCUT2D eigenvalue weighted by atomic mass is 10.0. The summed E-state index contributed by atoms with van der Waals surface area (Å²) in [6, 6.07) is 3.17. The second kappa shape index (κ2) is 14.1. The van der Waals surface area contributed by atoms with E-state index in [1.165, 1.54) is 34.1 Å². The largest absolute Gasteiger partial charge is 0.508 e. The summed E-state index contributed by atoms with van der Waals surface area (Å²) in [6.07, 6.45) is 2.12. The first-order valence-corrected chi connectivity index (χ1v) is 11.5. The number of amides is 3. The molecule has 0 aliphatic heterocycles. The summed E-state index contributed by atoms with van der Waals surface area (Å²) >= 11 is 0. The van der Waals surface area contributed by atoms with Gasteiger partial charge in [-0.3, -0.25) is 14.4 Å². The number of hydrogen-bond donors (Lipinski definition) is 3. The fourth-order valence-electron chi connectivity index (χ4n) is 3.54. The molecule has 0 spiro atoms. The fraction of sp³-hybridized carbons (Fsp3) is 0.423. The van der Waals surface area contributed by atoms with Gasteiger partial charge < -0.3 is 25.3 Å². The monoisotopic (exact) mass is 489 g/mol. The smallest absolute Gasteiger partial charge is 0.253 e. The lowest BCUT2D eigenvalue weighted by molar-refractivity contribution is -0.142. The molecule has 3 N–H and O–H groups in total. The maximum atomic E-state index is 13.7. The van der Waals surface area contributed by atoms with E-state index < -0.39 is 35.8 Å². The highest BCUT2D eigenvalue weighted by Crippen LogP contribution is 2.20. The molecule has 0 heterocycles. The SMILES string of the molecule is C=C/C=C(/CN(C=O)C(C)CN(CC)C(=O)C(O)C(CC)NC(=O)c1cccc(O)c1C)C(=C)F. The first kappa shape index (κ1) is 29.6. The number of aliphatic hydroxyl groups is 1. The number of carbonyl (C=O) groups excluding carboxylic acids is 3. The van der Waals surface area contributed by atoms with Crippen LogP contribution < -0.4 is 5.32 Å². The van der Waals surface area contributed by atoms with E-state index >= 15 is 0 Å². The zero-order chi connectivity index (χ0) is 26.7. The molecule has 0 aromatic heterocycles. The number of phenols is 1. The van der Waals surface area contributed by atoms with Gasteiger partial charge in [-0.05, 0) is 39.3 Å². The normalized spacial score (nSPS) is 13.8. The molecular weight excluding hydrogens is 453 g/mol. The molecule has 9 heteroatoms. The quantitative estimate of drug-likeness (QED) is 0.275. The summed E-state index contributed by atoms with van der Waals surface area (Å²) < 4.78 is 13.7.